The molecule has 2 aromatic rings. The van der Waals surface area contributed by atoms with Crippen LogP contribution in [0, 0.1) is 0 Å². The van der Waals surface area contributed by atoms with Gasteiger partial charge in [0.2, 0.25) is 21.8 Å². The SMILES string of the molecule is COc1ccc(OC)c(N(CC(=O)N(Cc2ccccc2Cl)[C@H](C)C(=O)NC2CCCCC2)S(C)(=O)=O)c1. The van der Waals surface area contributed by atoms with Gasteiger partial charge in [-0.05, 0) is 43.5 Å². The smallest absolute Gasteiger partial charge is 0.244 e. The van der Waals surface area contributed by atoms with Gasteiger partial charge in [-0.2, -0.15) is 0 Å². The molecule has 0 aliphatic heterocycles. The molecule has 0 saturated heterocycles. The molecule has 2 amide bonds. The molecular formula is C27H36ClN3O6S. The third-order valence-electron chi connectivity index (χ3n) is 6.75. The molecular weight excluding hydrogens is 530 g/mol. The average molecular weight is 566 g/mol. The van der Waals surface area contributed by atoms with Crippen molar-refractivity contribution >= 4 is 39.1 Å². The molecule has 0 heterocycles. The summed E-state index contributed by atoms with van der Waals surface area (Å²) in [5.74, 6) is -0.200. The quantitative estimate of drug-likeness (QED) is 0.442. The van der Waals surface area contributed by atoms with Crippen LogP contribution in [0.1, 0.15) is 44.6 Å². The van der Waals surface area contributed by atoms with E-state index in [9.17, 15) is 18.0 Å². The zero-order chi connectivity index (χ0) is 27.9. The van der Waals surface area contributed by atoms with E-state index in [-0.39, 0.29) is 29.9 Å². The van der Waals surface area contributed by atoms with Crippen LogP contribution >= 0.6 is 11.6 Å². The van der Waals surface area contributed by atoms with E-state index in [1.54, 1.807) is 43.3 Å². The third-order valence-corrected chi connectivity index (χ3v) is 8.25. The molecule has 0 unspecified atom stereocenters. The largest absolute Gasteiger partial charge is 0.497 e. The number of halogens is 1. The van der Waals surface area contributed by atoms with Crippen molar-refractivity contribution in [3.8, 4) is 11.5 Å². The summed E-state index contributed by atoms with van der Waals surface area (Å²) in [6.45, 7) is 1.13. The molecule has 0 spiro atoms. The Hall–Kier alpha value is -2.98. The second-order valence-electron chi connectivity index (χ2n) is 9.44. The Balaban J connectivity index is 1.94. The van der Waals surface area contributed by atoms with Crippen molar-refractivity contribution in [2.24, 2.45) is 0 Å². The number of methoxy groups -OCH3 is 2. The van der Waals surface area contributed by atoms with E-state index < -0.39 is 28.5 Å². The van der Waals surface area contributed by atoms with Crippen molar-refractivity contribution in [3.05, 3.63) is 53.1 Å². The van der Waals surface area contributed by atoms with Gasteiger partial charge in [0.25, 0.3) is 0 Å². The Morgan fingerprint density at radius 2 is 1.76 bits per heavy atom. The van der Waals surface area contributed by atoms with Gasteiger partial charge in [0.15, 0.2) is 0 Å². The summed E-state index contributed by atoms with van der Waals surface area (Å²) >= 11 is 6.38. The Bertz CT molecular complexity index is 1230. The minimum absolute atomic E-state index is 0.0323. The highest BCUT2D eigenvalue weighted by Gasteiger charge is 2.32. The fourth-order valence-corrected chi connectivity index (χ4v) is 5.59. The van der Waals surface area contributed by atoms with Crippen LogP contribution in [0.4, 0.5) is 5.69 Å². The van der Waals surface area contributed by atoms with E-state index in [2.05, 4.69) is 5.32 Å². The van der Waals surface area contributed by atoms with E-state index >= 15 is 0 Å². The molecule has 1 aliphatic carbocycles. The fourth-order valence-electron chi connectivity index (χ4n) is 4.55. The molecule has 38 heavy (non-hydrogen) atoms. The first-order chi connectivity index (χ1) is 18.0. The number of nitrogens with zero attached hydrogens (tertiary/aromatic N) is 2. The van der Waals surface area contributed by atoms with E-state index in [0.717, 1.165) is 42.7 Å². The summed E-state index contributed by atoms with van der Waals surface area (Å²) in [6.07, 6.45) is 6.05. The van der Waals surface area contributed by atoms with Gasteiger partial charge in [0.1, 0.15) is 24.1 Å². The maximum Gasteiger partial charge on any atom is 0.244 e. The molecule has 3 rings (SSSR count). The lowest BCUT2D eigenvalue weighted by molar-refractivity contribution is -0.139. The number of carbonyl (C=O) groups excluding carboxylic acids is 2. The van der Waals surface area contributed by atoms with Crippen LogP contribution in [0.15, 0.2) is 42.5 Å². The van der Waals surface area contributed by atoms with Crippen LogP contribution in [0.2, 0.25) is 5.02 Å². The van der Waals surface area contributed by atoms with Gasteiger partial charge in [-0.1, -0.05) is 49.1 Å². The Morgan fingerprint density at radius 3 is 2.37 bits per heavy atom. The Labute approximate surface area is 230 Å². The number of sulfonamides is 1. The first-order valence-electron chi connectivity index (χ1n) is 12.6. The van der Waals surface area contributed by atoms with Crippen molar-refractivity contribution in [3.63, 3.8) is 0 Å². The summed E-state index contributed by atoms with van der Waals surface area (Å²) < 4.78 is 37.4. The second kappa shape index (κ2) is 13.2. The predicted octanol–water partition coefficient (Wildman–Crippen LogP) is 3.99. The topological polar surface area (TPSA) is 105 Å². The lowest BCUT2D eigenvalue weighted by Gasteiger charge is -2.33. The lowest BCUT2D eigenvalue weighted by atomic mass is 9.95. The van der Waals surface area contributed by atoms with Crippen molar-refractivity contribution in [2.45, 2.75) is 57.7 Å². The molecule has 0 radical (unpaired) electrons. The highest BCUT2D eigenvalue weighted by Crippen LogP contribution is 2.34. The number of anilines is 1. The van der Waals surface area contributed by atoms with E-state index in [1.165, 1.54) is 25.2 Å². The van der Waals surface area contributed by atoms with Gasteiger partial charge in [-0.15, -0.1) is 0 Å². The van der Waals surface area contributed by atoms with Gasteiger partial charge in [-0.3, -0.25) is 13.9 Å². The van der Waals surface area contributed by atoms with Gasteiger partial charge in [0, 0.05) is 23.7 Å². The molecule has 0 aromatic heterocycles. The Morgan fingerprint density at radius 1 is 1.08 bits per heavy atom. The van der Waals surface area contributed by atoms with Crippen LogP contribution in [-0.2, 0) is 26.2 Å². The van der Waals surface area contributed by atoms with Crippen molar-refractivity contribution in [1.29, 1.82) is 0 Å². The summed E-state index contributed by atoms with van der Waals surface area (Å²) in [5.41, 5.74) is 0.796. The number of carbonyl (C=O) groups is 2. The van der Waals surface area contributed by atoms with Crippen LogP contribution in [0.25, 0.3) is 0 Å². The molecule has 1 aliphatic rings. The van der Waals surface area contributed by atoms with Crippen LogP contribution < -0.4 is 19.1 Å². The summed E-state index contributed by atoms with van der Waals surface area (Å²) in [7, 11) is -1.06. The molecule has 1 N–H and O–H groups in total. The van der Waals surface area contributed by atoms with Crippen molar-refractivity contribution in [2.75, 3.05) is 31.3 Å². The number of ether oxygens (including phenoxy) is 2. The number of hydrogen-bond acceptors (Lipinski definition) is 6. The molecule has 1 saturated carbocycles. The van der Waals surface area contributed by atoms with Gasteiger partial charge in [-0.25, -0.2) is 8.42 Å². The monoisotopic (exact) mass is 565 g/mol. The number of amides is 2. The Kier molecular flexibility index (Phi) is 10.3. The highest BCUT2D eigenvalue weighted by atomic mass is 35.5. The summed E-state index contributed by atoms with van der Waals surface area (Å²) in [6, 6.07) is 10.9. The maximum atomic E-state index is 13.8. The van der Waals surface area contributed by atoms with E-state index in [0.29, 0.717) is 16.3 Å². The minimum atomic E-state index is -3.93. The molecule has 1 fully saturated rings. The molecule has 208 valence electrons. The molecule has 1 atom stereocenters. The van der Waals surface area contributed by atoms with Gasteiger partial charge in [0.05, 0.1) is 26.2 Å². The zero-order valence-corrected chi connectivity index (χ0v) is 23.8. The number of nitrogens with one attached hydrogen (secondary N) is 1. The second-order valence-corrected chi connectivity index (χ2v) is 11.8. The van der Waals surface area contributed by atoms with Crippen LogP contribution in [0.5, 0.6) is 11.5 Å². The molecule has 11 heteroatoms. The first-order valence-corrected chi connectivity index (χ1v) is 14.8. The zero-order valence-electron chi connectivity index (χ0n) is 22.3. The molecule has 9 nitrogen and oxygen atoms in total. The van der Waals surface area contributed by atoms with Gasteiger partial charge < -0.3 is 19.7 Å². The predicted molar refractivity (Wildman–Crippen MR) is 148 cm³/mol. The maximum absolute atomic E-state index is 13.8. The van der Waals surface area contributed by atoms with E-state index in [4.69, 9.17) is 21.1 Å². The van der Waals surface area contributed by atoms with Crippen LogP contribution in [0.3, 0.4) is 0 Å². The normalized spacial score (nSPS) is 14.9. The van der Waals surface area contributed by atoms with E-state index in [1.807, 2.05) is 0 Å². The van der Waals surface area contributed by atoms with Crippen molar-refractivity contribution in [1.82, 2.24) is 10.2 Å². The first kappa shape index (κ1) is 29.6. The number of hydrogen-bond donors (Lipinski definition) is 1. The molecule has 2 aromatic carbocycles. The van der Waals surface area contributed by atoms with Crippen LogP contribution in [-0.4, -0.2) is 64.2 Å². The highest BCUT2D eigenvalue weighted by molar-refractivity contribution is 7.92. The number of rotatable bonds is 11. The lowest BCUT2D eigenvalue weighted by Crippen LogP contribution is -2.53. The van der Waals surface area contributed by atoms with Gasteiger partial charge >= 0.3 is 0 Å². The standard InChI is InChI=1S/C27H36ClN3O6S/c1-19(27(33)29-21-11-6-5-7-12-21)30(17-20-10-8-9-13-23(20)28)26(32)18-31(38(4,34)35)24-16-22(36-2)14-15-25(24)37-3/h8-10,13-16,19,21H,5-7,11-12,17-18H2,1-4H3,(H,29,33)/t19-/m1/s1. The third kappa shape index (κ3) is 7.54. The molecule has 0 bridgehead atoms. The van der Waals surface area contributed by atoms with Crippen molar-refractivity contribution < 1.29 is 27.5 Å². The minimum Gasteiger partial charge on any atom is -0.497 e. The summed E-state index contributed by atoms with van der Waals surface area (Å²) in [5, 5.41) is 3.51. The fraction of sp³-hybridized carbons (Fsp3) is 0.481. The average Bonchev–Trinajstić information content (AvgIpc) is 2.90. The summed E-state index contributed by atoms with van der Waals surface area (Å²) in [4.78, 5) is 28.4. The number of benzene rings is 2.